The van der Waals surface area contributed by atoms with Gasteiger partial charge in [0.15, 0.2) is 0 Å². The van der Waals surface area contributed by atoms with Gasteiger partial charge in [0.25, 0.3) is 0 Å². The van der Waals surface area contributed by atoms with E-state index in [1.807, 2.05) is 24.4 Å². The summed E-state index contributed by atoms with van der Waals surface area (Å²) in [7, 11) is 0. The zero-order valence-electron chi connectivity index (χ0n) is 12.4. The number of aromatic nitrogens is 3. The first kappa shape index (κ1) is 13.2. The lowest BCUT2D eigenvalue weighted by molar-refractivity contribution is 0.573. The second-order valence-corrected chi connectivity index (χ2v) is 5.73. The second-order valence-electron chi connectivity index (χ2n) is 5.73. The van der Waals surface area contributed by atoms with E-state index >= 15 is 0 Å². The fourth-order valence-corrected chi connectivity index (χ4v) is 3.01. The normalized spacial score (nSPS) is 15.2. The van der Waals surface area contributed by atoms with Crippen LogP contribution in [0.25, 0.3) is 22.2 Å². The molecule has 0 unspecified atom stereocenters. The van der Waals surface area contributed by atoms with Gasteiger partial charge in [-0.1, -0.05) is 18.2 Å². The molecule has 3 heterocycles. The van der Waals surface area contributed by atoms with E-state index < -0.39 is 0 Å². The highest BCUT2D eigenvalue weighted by atomic mass is 15.2. The number of pyridine rings is 1. The highest BCUT2D eigenvalue weighted by molar-refractivity contribution is 5.83. The Morgan fingerprint density at radius 3 is 2.64 bits per heavy atom. The third kappa shape index (κ3) is 2.52. The molecule has 0 atom stereocenters. The van der Waals surface area contributed by atoms with Crippen LogP contribution >= 0.6 is 0 Å². The number of hydrogen-bond acceptors (Lipinski definition) is 4. The van der Waals surface area contributed by atoms with Crippen LogP contribution in [0.15, 0.2) is 48.9 Å². The first-order valence-corrected chi connectivity index (χ1v) is 7.82. The summed E-state index contributed by atoms with van der Waals surface area (Å²) >= 11 is 0. The molecule has 22 heavy (non-hydrogen) atoms. The Morgan fingerprint density at radius 1 is 0.864 bits per heavy atom. The van der Waals surface area contributed by atoms with E-state index in [0.717, 1.165) is 41.1 Å². The molecule has 0 saturated carbocycles. The van der Waals surface area contributed by atoms with Crippen molar-refractivity contribution in [2.45, 2.75) is 19.3 Å². The molecule has 0 radical (unpaired) electrons. The lowest BCUT2D eigenvalue weighted by atomic mass is 10.1. The minimum Gasteiger partial charge on any atom is -0.357 e. The number of hydrogen-bond donors (Lipinski definition) is 0. The maximum atomic E-state index is 4.53. The van der Waals surface area contributed by atoms with Crippen molar-refractivity contribution in [3.8, 4) is 11.3 Å². The van der Waals surface area contributed by atoms with Crippen LogP contribution in [0.4, 0.5) is 5.82 Å². The summed E-state index contributed by atoms with van der Waals surface area (Å²) in [4.78, 5) is 15.8. The van der Waals surface area contributed by atoms with E-state index in [1.165, 1.54) is 19.3 Å². The number of rotatable bonds is 2. The van der Waals surface area contributed by atoms with Gasteiger partial charge in [0.1, 0.15) is 12.1 Å². The summed E-state index contributed by atoms with van der Waals surface area (Å²) in [5.74, 6) is 1.03. The molecule has 0 spiro atoms. The van der Waals surface area contributed by atoms with E-state index in [1.54, 1.807) is 6.33 Å². The van der Waals surface area contributed by atoms with Crippen molar-refractivity contribution >= 4 is 16.7 Å². The molecule has 0 aliphatic carbocycles. The van der Waals surface area contributed by atoms with Crippen molar-refractivity contribution in [1.82, 2.24) is 15.0 Å². The van der Waals surface area contributed by atoms with E-state index in [4.69, 9.17) is 0 Å². The first-order chi connectivity index (χ1) is 10.9. The molecule has 1 aliphatic rings. The number of nitrogens with zero attached hydrogens (tertiary/aromatic N) is 4. The fourth-order valence-electron chi connectivity index (χ4n) is 3.01. The van der Waals surface area contributed by atoms with E-state index in [0.29, 0.717) is 0 Å². The number of para-hydroxylation sites is 1. The minimum atomic E-state index is 0.939. The maximum absolute atomic E-state index is 4.53. The molecule has 4 rings (SSSR count). The van der Waals surface area contributed by atoms with Gasteiger partial charge >= 0.3 is 0 Å². The highest BCUT2D eigenvalue weighted by Crippen LogP contribution is 2.24. The third-order valence-electron chi connectivity index (χ3n) is 4.22. The lowest BCUT2D eigenvalue weighted by Crippen LogP contribution is -2.30. The Balaban J connectivity index is 1.71. The summed E-state index contributed by atoms with van der Waals surface area (Å²) in [6.07, 6.45) is 7.37. The molecule has 4 nitrogen and oxygen atoms in total. The first-order valence-electron chi connectivity index (χ1n) is 7.82. The van der Waals surface area contributed by atoms with Crippen LogP contribution in [0.5, 0.6) is 0 Å². The van der Waals surface area contributed by atoms with Crippen LogP contribution in [0.1, 0.15) is 19.3 Å². The average molecular weight is 290 g/mol. The predicted molar refractivity (Wildman–Crippen MR) is 88.8 cm³/mol. The van der Waals surface area contributed by atoms with Crippen molar-refractivity contribution in [2.24, 2.45) is 0 Å². The van der Waals surface area contributed by atoms with Crippen LogP contribution in [-0.2, 0) is 0 Å². The standard InChI is InChI=1S/C18H18N4/c1-4-8-22(9-5-1)18-11-17(20-13-21-18)15-10-14-6-2-3-7-16(14)19-12-15/h2-3,6-7,10-13H,1,4-5,8-9H2. The Kier molecular flexibility index (Phi) is 3.43. The third-order valence-corrected chi connectivity index (χ3v) is 4.22. The maximum Gasteiger partial charge on any atom is 0.132 e. The Morgan fingerprint density at radius 2 is 1.73 bits per heavy atom. The average Bonchev–Trinajstić information content (AvgIpc) is 2.62. The van der Waals surface area contributed by atoms with Crippen molar-refractivity contribution < 1.29 is 0 Å². The zero-order chi connectivity index (χ0) is 14.8. The van der Waals surface area contributed by atoms with Gasteiger partial charge in [0, 0.05) is 36.3 Å². The summed E-state index contributed by atoms with van der Waals surface area (Å²) in [6, 6.07) is 12.4. The molecule has 110 valence electrons. The van der Waals surface area contributed by atoms with Gasteiger partial charge in [-0.2, -0.15) is 0 Å². The van der Waals surface area contributed by atoms with Gasteiger partial charge < -0.3 is 4.90 Å². The molecule has 0 N–H and O–H groups in total. The molecular weight excluding hydrogens is 272 g/mol. The number of anilines is 1. The van der Waals surface area contributed by atoms with Crippen molar-refractivity contribution in [3.05, 3.63) is 48.9 Å². The Bertz CT molecular complexity index is 794. The molecular formula is C18H18N4. The summed E-state index contributed by atoms with van der Waals surface area (Å²) in [5.41, 5.74) is 2.99. The predicted octanol–water partition coefficient (Wildman–Crippen LogP) is 3.68. The van der Waals surface area contributed by atoms with E-state index in [9.17, 15) is 0 Å². The fraction of sp³-hybridized carbons (Fsp3) is 0.278. The van der Waals surface area contributed by atoms with Gasteiger partial charge in [-0.05, 0) is 31.4 Å². The highest BCUT2D eigenvalue weighted by Gasteiger charge is 2.13. The van der Waals surface area contributed by atoms with E-state index in [-0.39, 0.29) is 0 Å². The molecule has 1 aromatic carbocycles. The topological polar surface area (TPSA) is 41.9 Å². The molecule has 1 fully saturated rings. The lowest BCUT2D eigenvalue weighted by Gasteiger charge is -2.27. The van der Waals surface area contributed by atoms with Crippen molar-refractivity contribution in [3.63, 3.8) is 0 Å². The van der Waals surface area contributed by atoms with Gasteiger partial charge in [0.05, 0.1) is 11.2 Å². The van der Waals surface area contributed by atoms with Crippen molar-refractivity contribution in [1.29, 1.82) is 0 Å². The molecule has 0 bridgehead atoms. The molecule has 2 aromatic heterocycles. The summed E-state index contributed by atoms with van der Waals surface area (Å²) < 4.78 is 0. The zero-order valence-corrected chi connectivity index (χ0v) is 12.4. The summed E-state index contributed by atoms with van der Waals surface area (Å²) in [5, 5.41) is 1.14. The smallest absolute Gasteiger partial charge is 0.132 e. The van der Waals surface area contributed by atoms with E-state index in [2.05, 4.69) is 38.1 Å². The molecule has 3 aromatic rings. The van der Waals surface area contributed by atoms with Crippen LogP contribution in [0.2, 0.25) is 0 Å². The number of benzene rings is 1. The van der Waals surface area contributed by atoms with Crippen molar-refractivity contribution in [2.75, 3.05) is 18.0 Å². The number of piperidine rings is 1. The van der Waals surface area contributed by atoms with Crippen LogP contribution in [-0.4, -0.2) is 28.0 Å². The quantitative estimate of drug-likeness (QED) is 0.722. The SMILES string of the molecule is c1ccc2ncc(-c3cc(N4CCCCC4)ncn3)cc2c1. The second kappa shape index (κ2) is 5.72. The monoisotopic (exact) mass is 290 g/mol. The number of fused-ring (bicyclic) bond motifs is 1. The van der Waals surface area contributed by atoms with Crippen LogP contribution < -0.4 is 4.90 Å². The molecule has 1 aliphatic heterocycles. The molecule has 4 heteroatoms. The van der Waals surface area contributed by atoms with Gasteiger partial charge in [-0.3, -0.25) is 4.98 Å². The Hall–Kier alpha value is -2.49. The molecule has 0 amide bonds. The van der Waals surface area contributed by atoms with Gasteiger partial charge in [-0.25, -0.2) is 9.97 Å². The largest absolute Gasteiger partial charge is 0.357 e. The molecule has 1 saturated heterocycles. The van der Waals surface area contributed by atoms with Crippen LogP contribution in [0.3, 0.4) is 0 Å². The Labute approximate surface area is 129 Å². The minimum absolute atomic E-state index is 0.939. The van der Waals surface area contributed by atoms with Crippen LogP contribution in [0, 0.1) is 0 Å². The van der Waals surface area contributed by atoms with Gasteiger partial charge in [-0.15, -0.1) is 0 Å². The summed E-state index contributed by atoms with van der Waals surface area (Å²) in [6.45, 7) is 2.18. The van der Waals surface area contributed by atoms with Gasteiger partial charge in [0.2, 0.25) is 0 Å².